The Kier molecular flexibility index (Phi) is 10.7. The molecule has 5 heteroatoms. The van der Waals surface area contributed by atoms with Crippen molar-refractivity contribution in [1.82, 2.24) is 0 Å². The van der Waals surface area contributed by atoms with E-state index in [-0.39, 0.29) is 11.8 Å². The van der Waals surface area contributed by atoms with Gasteiger partial charge in [-0.3, -0.25) is 0 Å². The fourth-order valence-electron chi connectivity index (χ4n) is 8.05. The van der Waals surface area contributed by atoms with E-state index in [2.05, 4.69) is 46.1 Å². The lowest BCUT2D eigenvalue weighted by atomic mass is 9.76. The predicted molar refractivity (Wildman–Crippen MR) is 178 cm³/mol. The van der Waals surface area contributed by atoms with Crippen molar-refractivity contribution in [1.29, 1.82) is 0 Å². The minimum Gasteiger partial charge on any atom is -0.379 e. The molecule has 0 aromatic heterocycles. The monoisotopic (exact) mass is 610 g/mol. The molecule has 0 heterocycles. The molecule has 3 saturated carbocycles. The molecule has 0 saturated heterocycles. The summed E-state index contributed by atoms with van der Waals surface area (Å²) in [5.41, 5.74) is 5.90. The standard InChI is InChI=1S/C37H54O3S2/c1-25(2)32-23-31(24-33(26(3)4)36(32)41-5)40-42(38,39)37-34(28-17-11-7-12-18-28)21-30(27-15-9-6-10-16-27)22-35(37)29-19-13-8-14-20-29/h21-29H,6-20H2,1-5H3. The van der Waals surface area contributed by atoms with Crippen LogP contribution in [0.4, 0.5) is 0 Å². The van der Waals surface area contributed by atoms with Crippen LogP contribution in [0.2, 0.25) is 0 Å². The molecule has 0 spiro atoms. The molecule has 3 aliphatic carbocycles. The molecular formula is C37H54O3S2. The third-order valence-corrected chi connectivity index (χ3v) is 12.6. The highest BCUT2D eigenvalue weighted by atomic mass is 32.2. The number of thioether (sulfide) groups is 1. The summed E-state index contributed by atoms with van der Waals surface area (Å²) >= 11 is 1.75. The van der Waals surface area contributed by atoms with Crippen LogP contribution in [0.15, 0.2) is 34.1 Å². The topological polar surface area (TPSA) is 43.4 Å². The van der Waals surface area contributed by atoms with Crippen LogP contribution in [-0.2, 0) is 10.1 Å². The van der Waals surface area contributed by atoms with Gasteiger partial charge in [0.2, 0.25) is 0 Å². The van der Waals surface area contributed by atoms with Crippen LogP contribution < -0.4 is 4.18 Å². The average Bonchev–Trinajstić information content (AvgIpc) is 3.01. The Hall–Kier alpha value is -1.46. The second kappa shape index (κ2) is 14.1. The van der Waals surface area contributed by atoms with Gasteiger partial charge in [-0.05, 0) is 114 Å². The molecule has 2 aromatic carbocycles. The quantitative estimate of drug-likeness (QED) is 0.209. The second-order valence-corrected chi connectivity index (χ2v) is 16.3. The first-order valence-corrected chi connectivity index (χ1v) is 19.7. The molecule has 0 amide bonds. The van der Waals surface area contributed by atoms with Crippen LogP contribution >= 0.6 is 11.8 Å². The van der Waals surface area contributed by atoms with Gasteiger partial charge < -0.3 is 4.18 Å². The number of hydrogen-bond acceptors (Lipinski definition) is 4. The summed E-state index contributed by atoms with van der Waals surface area (Å²) in [6.45, 7) is 8.74. The van der Waals surface area contributed by atoms with Crippen molar-refractivity contribution in [3.8, 4) is 5.75 Å². The van der Waals surface area contributed by atoms with Crippen molar-refractivity contribution in [3.63, 3.8) is 0 Å². The van der Waals surface area contributed by atoms with E-state index in [1.165, 1.54) is 92.2 Å². The van der Waals surface area contributed by atoms with E-state index >= 15 is 0 Å². The summed E-state index contributed by atoms with van der Waals surface area (Å²) in [6, 6.07) is 8.67. The first kappa shape index (κ1) is 31.9. The van der Waals surface area contributed by atoms with E-state index in [9.17, 15) is 8.42 Å². The summed E-state index contributed by atoms with van der Waals surface area (Å²) in [7, 11) is -4.03. The first-order valence-electron chi connectivity index (χ1n) is 17.0. The molecule has 5 rings (SSSR count). The number of hydrogen-bond donors (Lipinski definition) is 0. The zero-order valence-corrected chi connectivity index (χ0v) is 28.5. The molecule has 3 aliphatic rings. The molecule has 0 unspecified atom stereocenters. The van der Waals surface area contributed by atoms with Gasteiger partial charge in [0.1, 0.15) is 10.6 Å². The normalized spacial score (nSPS) is 20.0. The third kappa shape index (κ3) is 7.09. The van der Waals surface area contributed by atoms with Gasteiger partial charge in [0.05, 0.1) is 0 Å². The Bertz CT molecular complexity index is 1240. The number of benzene rings is 2. The molecule has 0 aliphatic heterocycles. The SMILES string of the molecule is CSc1c(C(C)C)cc(OS(=O)(=O)c2c(C3CCCCC3)cc(C3CCCCC3)cc2C2CCCCC2)cc1C(C)C. The van der Waals surface area contributed by atoms with E-state index in [0.29, 0.717) is 28.4 Å². The third-order valence-electron chi connectivity index (χ3n) is 10.4. The lowest BCUT2D eigenvalue weighted by Gasteiger charge is -2.32. The molecular weight excluding hydrogens is 557 g/mol. The van der Waals surface area contributed by atoms with Gasteiger partial charge in [-0.2, -0.15) is 8.42 Å². The van der Waals surface area contributed by atoms with Gasteiger partial charge in [-0.15, -0.1) is 11.8 Å². The van der Waals surface area contributed by atoms with Gasteiger partial charge in [0, 0.05) is 4.90 Å². The Balaban J connectivity index is 1.67. The van der Waals surface area contributed by atoms with Crippen molar-refractivity contribution in [2.45, 2.75) is 163 Å². The Morgan fingerprint density at radius 3 is 1.43 bits per heavy atom. The number of rotatable bonds is 9. The van der Waals surface area contributed by atoms with Crippen LogP contribution in [0.25, 0.3) is 0 Å². The van der Waals surface area contributed by atoms with Crippen molar-refractivity contribution in [2.75, 3.05) is 6.26 Å². The Morgan fingerprint density at radius 1 is 0.643 bits per heavy atom. The summed E-state index contributed by atoms with van der Waals surface area (Å²) in [5.74, 6) is 2.19. The largest absolute Gasteiger partial charge is 0.379 e. The van der Waals surface area contributed by atoms with Crippen molar-refractivity contribution in [3.05, 3.63) is 52.1 Å². The maximum absolute atomic E-state index is 14.7. The van der Waals surface area contributed by atoms with Gasteiger partial charge in [0.25, 0.3) is 0 Å². The van der Waals surface area contributed by atoms with Gasteiger partial charge in [-0.25, -0.2) is 0 Å². The summed E-state index contributed by atoms with van der Waals surface area (Å²) in [6.07, 6.45) is 20.0. The highest BCUT2D eigenvalue weighted by Crippen LogP contribution is 2.47. The summed E-state index contributed by atoms with van der Waals surface area (Å²) in [5, 5.41) is 0. The lowest BCUT2D eigenvalue weighted by molar-refractivity contribution is 0.414. The highest BCUT2D eigenvalue weighted by molar-refractivity contribution is 7.98. The van der Waals surface area contributed by atoms with E-state index in [1.807, 2.05) is 12.1 Å². The average molecular weight is 611 g/mol. The van der Waals surface area contributed by atoms with Gasteiger partial charge >= 0.3 is 10.1 Å². The highest BCUT2D eigenvalue weighted by Gasteiger charge is 2.35. The zero-order valence-electron chi connectivity index (χ0n) is 26.8. The predicted octanol–water partition coefficient (Wildman–Crippen LogP) is 11.6. The van der Waals surface area contributed by atoms with Crippen molar-refractivity contribution >= 4 is 21.9 Å². The Morgan fingerprint density at radius 2 is 1.05 bits per heavy atom. The van der Waals surface area contributed by atoms with Crippen LogP contribution in [0.3, 0.4) is 0 Å². The molecule has 3 nitrogen and oxygen atoms in total. The second-order valence-electron chi connectivity index (χ2n) is 14.0. The van der Waals surface area contributed by atoms with E-state index < -0.39 is 10.1 Å². The molecule has 2 aromatic rings. The van der Waals surface area contributed by atoms with Crippen LogP contribution in [0.5, 0.6) is 5.75 Å². The van der Waals surface area contributed by atoms with Crippen LogP contribution in [0, 0.1) is 0 Å². The van der Waals surface area contributed by atoms with Crippen molar-refractivity contribution < 1.29 is 12.6 Å². The van der Waals surface area contributed by atoms with Crippen molar-refractivity contribution in [2.24, 2.45) is 0 Å². The molecule has 0 radical (unpaired) electrons. The minimum absolute atomic E-state index is 0.279. The van der Waals surface area contributed by atoms with Crippen LogP contribution in [0.1, 0.15) is 181 Å². The Labute approximate surface area is 261 Å². The summed E-state index contributed by atoms with van der Waals surface area (Å²) < 4.78 is 35.7. The zero-order chi connectivity index (χ0) is 29.9. The minimum atomic E-state index is -4.03. The fourth-order valence-corrected chi connectivity index (χ4v) is 10.6. The molecule has 232 valence electrons. The fraction of sp³-hybridized carbons (Fsp3) is 0.676. The molecule has 0 atom stereocenters. The molecule has 0 bridgehead atoms. The molecule has 0 N–H and O–H groups in total. The van der Waals surface area contributed by atoms with E-state index in [4.69, 9.17) is 4.18 Å². The maximum atomic E-state index is 14.7. The van der Waals surface area contributed by atoms with E-state index in [0.717, 1.165) is 36.8 Å². The summed E-state index contributed by atoms with van der Waals surface area (Å²) in [4.78, 5) is 1.79. The lowest BCUT2D eigenvalue weighted by Crippen LogP contribution is -2.21. The van der Waals surface area contributed by atoms with E-state index in [1.54, 1.807) is 11.8 Å². The maximum Gasteiger partial charge on any atom is 0.339 e. The molecule has 42 heavy (non-hydrogen) atoms. The van der Waals surface area contributed by atoms with Gasteiger partial charge in [-0.1, -0.05) is 97.6 Å². The van der Waals surface area contributed by atoms with Gasteiger partial charge in [0.15, 0.2) is 0 Å². The van der Waals surface area contributed by atoms with Crippen LogP contribution in [-0.4, -0.2) is 14.7 Å². The smallest absolute Gasteiger partial charge is 0.339 e. The first-order chi connectivity index (χ1) is 20.2. The molecule has 3 fully saturated rings.